The number of hydrogen-bond donors (Lipinski definition) is 0. The van der Waals surface area contributed by atoms with Crippen LogP contribution in [0.4, 0.5) is 8.78 Å². The molecule has 1 nitrogen and oxygen atoms in total. The van der Waals surface area contributed by atoms with Crippen LogP contribution in [0.3, 0.4) is 0 Å². The molecular weight excluding hydrogens is 390 g/mol. The summed E-state index contributed by atoms with van der Waals surface area (Å²) < 4.78 is 33.9. The van der Waals surface area contributed by atoms with Gasteiger partial charge in [0, 0.05) is 0 Å². The fourth-order valence-corrected chi connectivity index (χ4v) is 6.29. The minimum atomic E-state index is -0.805. The van der Waals surface area contributed by atoms with Gasteiger partial charge in [-0.1, -0.05) is 51.9 Å². The quantitative estimate of drug-likeness (QED) is 0.358. The van der Waals surface area contributed by atoms with Gasteiger partial charge in [-0.05, 0) is 93.2 Å². The van der Waals surface area contributed by atoms with E-state index in [2.05, 4.69) is 6.92 Å². The third kappa shape index (κ3) is 6.45. The maximum atomic E-state index is 15.0. The zero-order valence-corrected chi connectivity index (χ0v) is 20.2. The van der Waals surface area contributed by atoms with Gasteiger partial charge in [-0.3, -0.25) is 0 Å². The number of unbranched alkanes of at least 4 members (excludes halogenated alkanes) is 1. The van der Waals surface area contributed by atoms with E-state index in [0.717, 1.165) is 36.2 Å². The third-order valence-corrected chi connectivity index (χ3v) is 8.30. The van der Waals surface area contributed by atoms with Crippen LogP contribution in [0.25, 0.3) is 0 Å². The lowest BCUT2D eigenvalue weighted by Crippen LogP contribution is -2.26. The Morgan fingerprint density at radius 1 is 0.871 bits per heavy atom. The standard InChI is InChI=1S/C28H44F2O/c1-4-6-7-21-8-13-23(14-9-21)24-15-10-22(11-16-24)12-17-25-20(3)18-27(31-5-2)26(19-29)28(25)30/h18,21-24H,4-17,19H2,1-3H3. The molecule has 0 radical (unpaired) electrons. The number of halogens is 2. The second-order valence-electron chi connectivity index (χ2n) is 10.3. The van der Waals surface area contributed by atoms with Crippen LogP contribution in [-0.2, 0) is 13.1 Å². The summed E-state index contributed by atoms with van der Waals surface area (Å²) in [5, 5.41) is 0. The zero-order chi connectivity index (χ0) is 22.2. The van der Waals surface area contributed by atoms with E-state index in [4.69, 9.17) is 4.74 Å². The van der Waals surface area contributed by atoms with Crippen LogP contribution in [0, 0.1) is 36.4 Å². The highest BCUT2D eigenvalue weighted by Gasteiger charge is 2.31. The Morgan fingerprint density at radius 2 is 1.45 bits per heavy atom. The van der Waals surface area contributed by atoms with Crippen molar-refractivity contribution in [3.05, 3.63) is 28.6 Å². The molecule has 2 aliphatic rings. The summed E-state index contributed by atoms with van der Waals surface area (Å²) in [6.45, 7) is 5.69. The van der Waals surface area contributed by atoms with Crippen molar-refractivity contribution in [2.75, 3.05) is 6.61 Å². The Balaban J connectivity index is 1.47. The van der Waals surface area contributed by atoms with Gasteiger partial charge in [-0.2, -0.15) is 0 Å². The van der Waals surface area contributed by atoms with Crippen molar-refractivity contribution >= 4 is 0 Å². The smallest absolute Gasteiger partial charge is 0.136 e. The lowest BCUT2D eigenvalue weighted by Gasteiger charge is -2.38. The summed E-state index contributed by atoms with van der Waals surface area (Å²) in [4.78, 5) is 0. The van der Waals surface area contributed by atoms with Gasteiger partial charge in [0.1, 0.15) is 18.2 Å². The molecule has 2 fully saturated rings. The van der Waals surface area contributed by atoms with Crippen LogP contribution in [-0.4, -0.2) is 6.61 Å². The monoisotopic (exact) mass is 434 g/mol. The highest BCUT2D eigenvalue weighted by atomic mass is 19.1. The number of hydrogen-bond acceptors (Lipinski definition) is 1. The van der Waals surface area contributed by atoms with Gasteiger partial charge in [0.25, 0.3) is 0 Å². The maximum Gasteiger partial charge on any atom is 0.136 e. The maximum absolute atomic E-state index is 15.0. The average Bonchev–Trinajstić information content (AvgIpc) is 2.78. The van der Waals surface area contributed by atoms with Gasteiger partial charge in [0.15, 0.2) is 0 Å². The first-order valence-corrected chi connectivity index (χ1v) is 13.1. The van der Waals surface area contributed by atoms with E-state index < -0.39 is 6.67 Å². The van der Waals surface area contributed by atoms with Crippen LogP contribution < -0.4 is 4.74 Å². The van der Waals surface area contributed by atoms with E-state index in [1.807, 2.05) is 19.9 Å². The highest BCUT2D eigenvalue weighted by Crippen LogP contribution is 2.43. The van der Waals surface area contributed by atoms with Crippen molar-refractivity contribution in [3.63, 3.8) is 0 Å². The number of benzene rings is 1. The summed E-state index contributed by atoms with van der Waals surface area (Å²) in [6, 6.07) is 1.82. The predicted molar refractivity (Wildman–Crippen MR) is 126 cm³/mol. The summed E-state index contributed by atoms with van der Waals surface area (Å²) in [6.07, 6.45) is 17.0. The summed E-state index contributed by atoms with van der Waals surface area (Å²) >= 11 is 0. The van der Waals surface area contributed by atoms with Crippen molar-refractivity contribution in [2.45, 2.75) is 111 Å². The molecule has 0 amide bonds. The molecule has 0 aromatic heterocycles. The second-order valence-corrected chi connectivity index (χ2v) is 10.3. The van der Waals surface area contributed by atoms with Crippen molar-refractivity contribution in [3.8, 4) is 5.75 Å². The summed E-state index contributed by atoms with van der Waals surface area (Å²) in [7, 11) is 0. The van der Waals surface area contributed by atoms with Crippen molar-refractivity contribution < 1.29 is 13.5 Å². The summed E-state index contributed by atoms with van der Waals surface area (Å²) in [5.41, 5.74) is 1.69. The number of ether oxygens (including phenoxy) is 1. The molecule has 1 aromatic carbocycles. The third-order valence-electron chi connectivity index (χ3n) is 8.30. The first kappa shape index (κ1) is 24.5. The van der Waals surface area contributed by atoms with Crippen LogP contribution in [0.15, 0.2) is 6.07 Å². The lowest BCUT2D eigenvalue weighted by molar-refractivity contribution is 0.140. The Hall–Kier alpha value is -1.12. The number of aryl methyl sites for hydroxylation is 1. The van der Waals surface area contributed by atoms with E-state index >= 15 is 0 Å². The first-order chi connectivity index (χ1) is 15.1. The second kappa shape index (κ2) is 12.2. The van der Waals surface area contributed by atoms with Gasteiger partial charge >= 0.3 is 0 Å². The molecule has 0 heterocycles. The normalized spacial score (nSPS) is 26.7. The molecule has 31 heavy (non-hydrogen) atoms. The Labute approximate surface area is 189 Å². The molecule has 3 rings (SSSR count). The summed E-state index contributed by atoms with van der Waals surface area (Å²) in [5.74, 6) is 3.56. The van der Waals surface area contributed by atoms with Crippen LogP contribution in [0.5, 0.6) is 5.75 Å². The number of rotatable bonds is 10. The van der Waals surface area contributed by atoms with Gasteiger partial charge < -0.3 is 4.74 Å². The molecular formula is C28H44F2O. The molecule has 0 bridgehead atoms. The fourth-order valence-electron chi connectivity index (χ4n) is 6.29. The van der Waals surface area contributed by atoms with E-state index in [-0.39, 0.29) is 11.4 Å². The molecule has 176 valence electrons. The van der Waals surface area contributed by atoms with Crippen LogP contribution in [0.1, 0.15) is 108 Å². The average molecular weight is 435 g/mol. The van der Waals surface area contributed by atoms with E-state index in [1.165, 1.54) is 70.6 Å². The van der Waals surface area contributed by atoms with Crippen molar-refractivity contribution in [1.29, 1.82) is 0 Å². The van der Waals surface area contributed by atoms with Crippen molar-refractivity contribution in [2.24, 2.45) is 23.7 Å². The van der Waals surface area contributed by atoms with Gasteiger partial charge in [-0.25, -0.2) is 8.78 Å². The Bertz CT molecular complexity index is 670. The molecule has 2 aliphatic carbocycles. The lowest BCUT2D eigenvalue weighted by atomic mass is 9.68. The van der Waals surface area contributed by atoms with E-state index in [0.29, 0.717) is 23.8 Å². The molecule has 2 saturated carbocycles. The van der Waals surface area contributed by atoms with Crippen LogP contribution >= 0.6 is 0 Å². The molecule has 0 atom stereocenters. The predicted octanol–water partition coefficient (Wildman–Crippen LogP) is 8.74. The van der Waals surface area contributed by atoms with Gasteiger partial charge in [-0.15, -0.1) is 0 Å². The van der Waals surface area contributed by atoms with Gasteiger partial charge in [0.05, 0.1) is 12.2 Å². The van der Waals surface area contributed by atoms with E-state index in [9.17, 15) is 8.78 Å². The molecule has 0 aliphatic heterocycles. The van der Waals surface area contributed by atoms with Crippen LogP contribution in [0.2, 0.25) is 0 Å². The molecule has 0 spiro atoms. The highest BCUT2D eigenvalue weighted by molar-refractivity contribution is 5.43. The SMILES string of the molecule is CCCCC1CCC(C2CCC(CCc3c(C)cc(OCC)c(CF)c3F)CC2)CC1. The largest absolute Gasteiger partial charge is 0.493 e. The zero-order valence-electron chi connectivity index (χ0n) is 20.2. The molecule has 1 aromatic rings. The molecule has 0 N–H and O–H groups in total. The van der Waals surface area contributed by atoms with Gasteiger partial charge in [0.2, 0.25) is 0 Å². The fraction of sp³-hybridized carbons (Fsp3) is 0.786. The molecule has 0 saturated heterocycles. The topological polar surface area (TPSA) is 9.23 Å². The Kier molecular flexibility index (Phi) is 9.66. The minimum absolute atomic E-state index is 0.0979. The Morgan fingerprint density at radius 3 is 1.97 bits per heavy atom. The molecule has 0 unspecified atom stereocenters. The van der Waals surface area contributed by atoms with Crippen molar-refractivity contribution in [1.82, 2.24) is 0 Å². The molecule has 3 heteroatoms. The minimum Gasteiger partial charge on any atom is -0.493 e. The number of alkyl halides is 1. The van der Waals surface area contributed by atoms with E-state index in [1.54, 1.807) is 0 Å². The first-order valence-electron chi connectivity index (χ1n) is 13.1.